The zero-order valence-corrected chi connectivity index (χ0v) is 14.4. The SMILES string of the molecule is CCN(CCNC)c1ccc(Nc2ncc3ccc(=O)[nH]c3n2)cc1. The van der Waals surface area contributed by atoms with Crippen molar-refractivity contribution in [3.05, 3.63) is 52.9 Å². The summed E-state index contributed by atoms with van der Waals surface area (Å²) >= 11 is 0. The molecular weight excluding hydrogens is 316 g/mol. The quantitative estimate of drug-likeness (QED) is 0.612. The third-order valence-corrected chi connectivity index (χ3v) is 3.97. The second kappa shape index (κ2) is 7.76. The fourth-order valence-electron chi connectivity index (χ4n) is 2.60. The summed E-state index contributed by atoms with van der Waals surface area (Å²) in [6, 6.07) is 11.3. The average molecular weight is 338 g/mol. The van der Waals surface area contributed by atoms with E-state index in [0.29, 0.717) is 11.6 Å². The first-order chi connectivity index (χ1) is 12.2. The van der Waals surface area contributed by atoms with E-state index >= 15 is 0 Å². The van der Waals surface area contributed by atoms with Crippen molar-refractivity contribution in [2.24, 2.45) is 0 Å². The van der Waals surface area contributed by atoms with Gasteiger partial charge >= 0.3 is 0 Å². The van der Waals surface area contributed by atoms with Gasteiger partial charge in [-0.25, -0.2) is 4.98 Å². The summed E-state index contributed by atoms with van der Waals surface area (Å²) in [5, 5.41) is 7.13. The zero-order chi connectivity index (χ0) is 17.6. The molecule has 25 heavy (non-hydrogen) atoms. The van der Waals surface area contributed by atoms with E-state index in [-0.39, 0.29) is 5.56 Å². The highest BCUT2D eigenvalue weighted by atomic mass is 16.1. The maximum absolute atomic E-state index is 11.4. The van der Waals surface area contributed by atoms with E-state index in [1.54, 1.807) is 12.3 Å². The van der Waals surface area contributed by atoms with Crippen LogP contribution in [-0.2, 0) is 0 Å². The molecule has 3 N–H and O–H groups in total. The number of likely N-dealkylation sites (N-methyl/N-ethyl adjacent to an activating group) is 2. The summed E-state index contributed by atoms with van der Waals surface area (Å²) < 4.78 is 0. The van der Waals surface area contributed by atoms with Gasteiger partial charge in [0, 0.05) is 48.7 Å². The highest BCUT2D eigenvalue weighted by molar-refractivity contribution is 5.74. The Morgan fingerprint density at radius 2 is 1.96 bits per heavy atom. The topological polar surface area (TPSA) is 85.9 Å². The number of benzene rings is 1. The molecule has 1 aromatic carbocycles. The number of aromatic amines is 1. The monoisotopic (exact) mass is 338 g/mol. The molecular formula is C18H22N6O. The lowest BCUT2D eigenvalue weighted by Gasteiger charge is -2.23. The van der Waals surface area contributed by atoms with E-state index in [0.717, 1.165) is 30.7 Å². The Kier molecular flexibility index (Phi) is 5.25. The van der Waals surface area contributed by atoms with Gasteiger partial charge in [0.2, 0.25) is 11.5 Å². The van der Waals surface area contributed by atoms with Gasteiger partial charge in [-0.3, -0.25) is 4.79 Å². The molecule has 0 saturated carbocycles. The lowest BCUT2D eigenvalue weighted by Crippen LogP contribution is -2.30. The largest absolute Gasteiger partial charge is 0.371 e. The van der Waals surface area contributed by atoms with Crippen LogP contribution in [-0.4, -0.2) is 41.6 Å². The minimum absolute atomic E-state index is 0.178. The van der Waals surface area contributed by atoms with E-state index in [2.05, 4.69) is 49.5 Å². The number of hydrogen-bond acceptors (Lipinski definition) is 6. The van der Waals surface area contributed by atoms with Gasteiger partial charge in [-0.1, -0.05) is 0 Å². The number of pyridine rings is 1. The minimum atomic E-state index is -0.178. The van der Waals surface area contributed by atoms with Crippen LogP contribution < -0.4 is 21.1 Å². The summed E-state index contributed by atoms with van der Waals surface area (Å²) in [7, 11) is 1.96. The molecule has 0 unspecified atom stereocenters. The van der Waals surface area contributed by atoms with Crippen LogP contribution in [0.15, 0.2) is 47.4 Å². The first-order valence-corrected chi connectivity index (χ1v) is 8.32. The van der Waals surface area contributed by atoms with Crippen LogP contribution in [0.1, 0.15) is 6.92 Å². The number of H-pyrrole nitrogens is 1. The van der Waals surface area contributed by atoms with Gasteiger partial charge in [0.25, 0.3) is 0 Å². The summed E-state index contributed by atoms with van der Waals surface area (Å²) in [6.45, 7) is 5.00. The third kappa shape index (κ3) is 4.13. The molecule has 7 heteroatoms. The van der Waals surface area contributed by atoms with Crippen molar-refractivity contribution in [3.63, 3.8) is 0 Å². The molecule has 3 aromatic rings. The van der Waals surface area contributed by atoms with Gasteiger partial charge in [-0.15, -0.1) is 0 Å². The van der Waals surface area contributed by atoms with Gasteiger partial charge in [0.15, 0.2) is 0 Å². The lowest BCUT2D eigenvalue weighted by molar-refractivity contribution is 0.737. The number of aromatic nitrogens is 3. The van der Waals surface area contributed by atoms with Crippen molar-refractivity contribution < 1.29 is 0 Å². The predicted molar refractivity (Wildman–Crippen MR) is 102 cm³/mol. The van der Waals surface area contributed by atoms with Crippen LogP contribution >= 0.6 is 0 Å². The van der Waals surface area contributed by atoms with Gasteiger partial charge in [-0.05, 0) is 44.3 Å². The van der Waals surface area contributed by atoms with Gasteiger partial charge < -0.3 is 20.5 Å². The van der Waals surface area contributed by atoms with Crippen LogP contribution in [0, 0.1) is 0 Å². The maximum Gasteiger partial charge on any atom is 0.249 e. The number of anilines is 3. The molecule has 0 saturated heterocycles. The first kappa shape index (κ1) is 16.9. The summed E-state index contributed by atoms with van der Waals surface area (Å²) in [6.07, 6.45) is 1.69. The molecule has 7 nitrogen and oxygen atoms in total. The van der Waals surface area contributed by atoms with Gasteiger partial charge in [-0.2, -0.15) is 4.98 Å². The van der Waals surface area contributed by atoms with E-state index < -0.39 is 0 Å². The molecule has 0 aliphatic rings. The molecule has 0 fully saturated rings. The third-order valence-electron chi connectivity index (χ3n) is 3.97. The van der Waals surface area contributed by atoms with Crippen molar-refractivity contribution in [2.45, 2.75) is 6.92 Å². The Balaban J connectivity index is 1.75. The second-order valence-electron chi connectivity index (χ2n) is 5.68. The predicted octanol–water partition coefficient (Wildman–Crippen LogP) is 2.11. The van der Waals surface area contributed by atoms with E-state index in [1.807, 2.05) is 19.2 Å². The molecule has 2 heterocycles. The second-order valence-corrected chi connectivity index (χ2v) is 5.68. The number of rotatable bonds is 7. The molecule has 0 bridgehead atoms. The number of nitrogens with one attached hydrogen (secondary N) is 3. The first-order valence-electron chi connectivity index (χ1n) is 8.32. The van der Waals surface area contributed by atoms with E-state index in [4.69, 9.17) is 0 Å². The Morgan fingerprint density at radius 1 is 1.16 bits per heavy atom. The summed E-state index contributed by atoms with van der Waals surface area (Å²) in [5.74, 6) is 0.449. The van der Waals surface area contributed by atoms with Crippen LogP contribution in [0.3, 0.4) is 0 Å². The van der Waals surface area contributed by atoms with Crippen LogP contribution in [0.2, 0.25) is 0 Å². The van der Waals surface area contributed by atoms with Crippen molar-refractivity contribution in [2.75, 3.05) is 36.9 Å². The molecule has 0 aliphatic heterocycles. The fourth-order valence-corrected chi connectivity index (χ4v) is 2.60. The zero-order valence-electron chi connectivity index (χ0n) is 14.4. The molecule has 0 atom stereocenters. The molecule has 0 radical (unpaired) electrons. The summed E-state index contributed by atoms with van der Waals surface area (Å²) in [5.41, 5.74) is 2.41. The highest BCUT2D eigenvalue weighted by Gasteiger charge is 2.05. The van der Waals surface area contributed by atoms with Gasteiger partial charge in [0.05, 0.1) is 0 Å². The van der Waals surface area contributed by atoms with Crippen LogP contribution in [0.5, 0.6) is 0 Å². The van der Waals surface area contributed by atoms with Crippen LogP contribution in [0.4, 0.5) is 17.3 Å². The molecule has 3 rings (SSSR count). The molecule has 0 amide bonds. The number of nitrogens with zero attached hydrogens (tertiary/aromatic N) is 3. The Hall–Kier alpha value is -2.93. The van der Waals surface area contributed by atoms with Gasteiger partial charge in [0.1, 0.15) is 5.65 Å². The molecule has 0 aliphatic carbocycles. The lowest BCUT2D eigenvalue weighted by atomic mass is 10.2. The van der Waals surface area contributed by atoms with E-state index in [9.17, 15) is 4.79 Å². The van der Waals surface area contributed by atoms with Crippen molar-refractivity contribution in [3.8, 4) is 0 Å². The fraction of sp³-hybridized carbons (Fsp3) is 0.278. The number of hydrogen-bond donors (Lipinski definition) is 3. The Morgan fingerprint density at radius 3 is 2.68 bits per heavy atom. The highest BCUT2D eigenvalue weighted by Crippen LogP contribution is 2.20. The minimum Gasteiger partial charge on any atom is -0.371 e. The summed E-state index contributed by atoms with van der Waals surface area (Å²) in [4.78, 5) is 25.1. The standard InChI is InChI=1S/C18H22N6O/c1-3-24(11-10-19-2)15-7-5-14(6-8-15)21-18-20-12-13-4-9-16(25)22-17(13)23-18/h4-9,12,19H,3,10-11H2,1-2H3,(H2,20,21,22,23,25). The smallest absolute Gasteiger partial charge is 0.249 e. The Labute approximate surface area is 146 Å². The molecule has 2 aromatic heterocycles. The normalized spacial score (nSPS) is 10.8. The van der Waals surface area contributed by atoms with E-state index in [1.165, 1.54) is 11.8 Å². The maximum atomic E-state index is 11.4. The molecule has 130 valence electrons. The average Bonchev–Trinajstić information content (AvgIpc) is 2.63. The molecule has 0 spiro atoms. The van der Waals surface area contributed by atoms with Crippen molar-refractivity contribution in [1.82, 2.24) is 20.3 Å². The number of fused-ring (bicyclic) bond motifs is 1. The Bertz CT molecular complexity index is 890. The van der Waals surface area contributed by atoms with Crippen LogP contribution in [0.25, 0.3) is 11.0 Å². The van der Waals surface area contributed by atoms with Crippen molar-refractivity contribution >= 4 is 28.4 Å². The van der Waals surface area contributed by atoms with Crippen molar-refractivity contribution in [1.29, 1.82) is 0 Å².